The summed E-state index contributed by atoms with van der Waals surface area (Å²) in [4.78, 5) is 2.61. The Morgan fingerprint density at radius 2 is 2.30 bits per heavy atom. The lowest BCUT2D eigenvalue weighted by Crippen LogP contribution is -2.15. The van der Waals surface area contributed by atoms with Crippen LogP contribution in [-0.4, -0.2) is 25.1 Å². The zero-order chi connectivity index (χ0) is 7.56. The van der Waals surface area contributed by atoms with Crippen molar-refractivity contribution in [1.29, 1.82) is 0 Å². The fourth-order valence-corrected chi connectivity index (χ4v) is 1.22. The van der Waals surface area contributed by atoms with Crippen LogP contribution in [0.3, 0.4) is 0 Å². The van der Waals surface area contributed by atoms with E-state index < -0.39 is 6.10 Å². The molecule has 52 valence electrons. The molecule has 0 aromatic heterocycles. The summed E-state index contributed by atoms with van der Waals surface area (Å²) in [6, 6.07) is -0.306. The van der Waals surface area contributed by atoms with Crippen molar-refractivity contribution in [2.45, 2.75) is 30.8 Å². The zero-order valence-electron chi connectivity index (χ0n) is 5.51. The maximum atomic E-state index is 9.15. The van der Waals surface area contributed by atoms with Gasteiger partial charge in [0.05, 0.1) is 20.0 Å². The summed E-state index contributed by atoms with van der Waals surface area (Å²) in [6.07, 6.45) is 0.612. The van der Waals surface area contributed by atoms with Gasteiger partial charge in [0.1, 0.15) is 0 Å². The standard InChI is InChI=1S/C5H8BN3O/c6-3-1-4(8-9-7)5(10)2-3/h3-5,10H,1-2H2. The Balaban J connectivity index is 2.54. The van der Waals surface area contributed by atoms with E-state index in [0.29, 0.717) is 12.8 Å². The Hall–Kier alpha value is -0.665. The number of aliphatic hydroxyl groups is 1. The Labute approximate surface area is 60.3 Å². The second-order valence-electron chi connectivity index (χ2n) is 2.57. The van der Waals surface area contributed by atoms with E-state index in [1.165, 1.54) is 0 Å². The molecule has 10 heavy (non-hydrogen) atoms. The molecule has 0 amide bonds. The molecule has 4 nitrogen and oxygen atoms in total. The minimum Gasteiger partial charge on any atom is -0.393 e. The maximum Gasteiger partial charge on any atom is 0.0700 e. The van der Waals surface area contributed by atoms with Crippen molar-refractivity contribution in [3.63, 3.8) is 0 Å². The lowest BCUT2D eigenvalue weighted by molar-refractivity contribution is 0.165. The molecule has 1 aliphatic rings. The smallest absolute Gasteiger partial charge is 0.0700 e. The molecule has 5 heteroatoms. The van der Waals surface area contributed by atoms with Crippen molar-refractivity contribution in [3.8, 4) is 0 Å². The molecule has 1 rings (SSSR count). The minimum absolute atomic E-state index is 0.00880. The van der Waals surface area contributed by atoms with Gasteiger partial charge >= 0.3 is 0 Å². The summed E-state index contributed by atoms with van der Waals surface area (Å²) >= 11 is 0. The molecule has 0 aromatic carbocycles. The van der Waals surface area contributed by atoms with Crippen LogP contribution in [0.4, 0.5) is 0 Å². The first-order chi connectivity index (χ1) is 4.74. The Kier molecular flexibility index (Phi) is 2.19. The molecule has 3 atom stereocenters. The predicted molar refractivity (Wildman–Crippen MR) is 37.7 cm³/mol. The molecule has 2 radical (unpaired) electrons. The third-order valence-electron chi connectivity index (χ3n) is 1.73. The molecule has 0 bridgehead atoms. The Bertz CT molecular complexity index is 168. The monoisotopic (exact) mass is 137 g/mol. The van der Waals surface area contributed by atoms with Crippen LogP contribution in [0.5, 0.6) is 0 Å². The average Bonchev–Trinajstić information content (AvgIpc) is 2.13. The quantitative estimate of drug-likeness (QED) is 0.246. The number of rotatable bonds is 1. The lowest BCUT2D eigenvalue weighted by atomic mass is 9.86. The maximum absolute atomic E-state index is 9.15. The van der Waals surface area contributed by atoms with Gasteiger partial charge in [0.25, 0.3) is 0 Å². The van der Waals surface area contributed by atoms with E-state index in [1.54, 1.807) is 0 Å². The van der Waals surface area contributed by atoms with Crippen LogP contribution in [-0.2, 0) is 0 Å². The molecular weight excluding hydrogens is 129 g/mol. The van der Waals surface area contributed by atoms with Gasteiger partial charge in [0.15, 0.2) is 0 Å². The van der Waals surface area contributed by atoms with Crippen molar-refractivity contribution in [3.05, 3.63) is 10.4 Å². The Morgan fingerprint density at radius 3 is 2.70 bits per heavy atom. The van der Waals surface area contributed by atoms with E-state index in [1.807, 2.05) is 0 Å². The fourth-order valence-electron chi connectivity index (χ4n) is 1.22. The van der Waals surface area contributed by atoms with Gasteiger partial charge in [-0.25, -0.2) is 0 Å². The second kappa shape index (κ2) is 2.95. The number of hydrogen-bond acceptors (Lipinski definition) is 2. The third-order valence-corrected chi connectivity index (χ3v) is 1.73. The SMILES string of the molecule is [B]C1CC(O)C(N=[N+]=[N-])C1. The highest BCUT2D eigenvalue weighted by atomic mass is 16.3. The van der Waals surface area contributed by atoms with Gasteiger partial charge in [-0.1, -0.05) is 10.9 Å². The van der Waals surface area contributed by atoms with Gasteiger partial charge in [-0.05, 0) is 18.4 Å². The van der Waals surface area contributed by atoms with Crippen LogP contribution in [0, 0.1) is 0 Å². The molecule has 1 aliphatic carbocycles. The largest absolute Gasteiger partial charge is 0.393 e. The predicted octanol–water partition coefficient (Wildman–Crippen LogP) is 0.777. The van der Waals surface area contributed by atoms with Crippen LogP contribution >= 0.6 is 0 Å². The molecule has 0 saturated heterocycles. The van der Waals surface area contributed by atoms with Crippen LogP contribution in [0.25, 0.3) is 10.4 Å². The van der Waals surface area contributed by atoms with Gasteiger partial charge in [0, 0.05) is 4.91 Å². The molecule has 0 spiro atoms. The van der Waals surface area contributed by atoms with E-state index in [2.05, 4.69) is 10.0 Å². The summed E-state index contributed by atoms with van der Waals surface area (Å²) in [7, 11) is 5.50. The number of azide groups is 1. The van der Waals surface area contributed by atoms with Gasteiger partial charge in [-0.3, -0.25) is 0 Å². The summed E-state index contributed by atoms with van der Waals surface area (Å²) in [5.74, 6) is -0.00880. The first-order valence-corrected chi connectivity index (χ1v) is 3.22. The molecule has 0 heterocycles. The second-order valence-corrected chi connectivity index (χ2v) is 2.57. The fraction of sp³-hybridized carbons (Fsp3) is 1.00. The molecule has 0 aromatic rings. The molecule has 1 saturated carbocycles. The molecule has 1 N–H and O–H groups in total. The first-order valence-electron chi connectivity index (χ1n) is 3.22. The third kappa shape index (κ3) is 1.43. The summed E-state index contributed by atoms with van der Waals surface area (Å²) in [6.45, 7) is 0. The van der Waals surface area contributed by atoms with Gasteiger partial charge in [-0.15, -0.1) is 0 Å². The van der Waals surface area contributed by atoms with Gasteiger partial charge in [-0.2, -0.15) is 0 Å². The van der Waals surface area contributed by atoms with Crippen LogP contribution in [0.1, 0.15) is 12.8 Å². The zero-order valence-corrected chi connectivity index (χ0v) is 5.51. The van der Waals surface area contributed by atoms with Crippen molar-refractivity contribution in [2.75, 3.05) is 0 Å². The number of nitrogens with zero attached hydrogens (tertiary/aromatic N) is 3. The summed E-state index contributed by atoms with van der Waals surface area (Å²) in [5, 5.41) is 12.6. The summed E-state index contributed by atoms with van der Waals surface area (Å²) in [5.41, 5.74) is 8.04. The van der Waals surface area contributed by atoms with Crippen LogP contribution in [0.2, 0.25) is 5.82 Å². The van der Waals surface area contributed by atoms with Crippen molar-refractivity contribution >= 4 is 7.85 Å². The van der Waals surface area contributed by atoms with Crippen LogP contribution in [0.15, 0.2) is 5.11 Å². The van der Waals surface area contributed by atoms with Gasteiger partial charge < -0.3 is 5.11 Å². The van der Waals surface area contributed by atoms with Crippen molar-refractivity contribution in [2.24, 2.45) is 5.11 Å². The highest BCUT2D eigenvalue weighted by Crippen LogP contribution is 2.30. The topological polar surface area (TPSA) is 69.0 Å². The lowest BCUT2D eigenvalue weighted by Gasteiger charge is -2.04. The average molecular weight is 137 g/mol. The van der Waals surface area contributed by atoms with E-state index in [-0.39, 0.29) is 11.9 Å². The van der Waals surface area contributed by atoms with E-state index in [9.17, 15) is 0 Å². The number of hydrogen-bond donors (Lipinski definition) is 1. The van der Waals surface area contributed by atoms with Crippen molar-refractivity contribution in [1.82, 2.24) is 0 Å². The molecule has 0 aliphatic heterocycles. The summed E-state index contributed by atoms with van der Waals surface area (Å²) < 4.78 is 0. The molecule has 1 fully saturated rings. The Morgan fingerprint density at radius 1 is 1.60 bits per heavy atom. The van der Waals surface area contributed by atoms with E-state index in [0.717, 1.165) is 0 Å². The highest BCUT2D eigenvalue weighted by molar-refractivity contribution is 6.11. The molecular formula is C5H8BN3O. The number of aliphatic hydroxyl groups excluding tert-OH is 1. The highest BCUT2D eigenvalue weighted by Gasteiger charge is 2.28. The molecule has 3 unspecified atom stereocenters. The van der Waals surface area contributed by atoms with E-state index >= 15 is 0 Å². The normalized spacial score (nSPS) is 39.1. The van der Waals surface area contributed by atoms with Crippen LogP contribution < -0.4 is 0 Å². The van der Waals surface area contributed by atoms with Gasteiger partial charge in [0.2, 0.25) is 0 Å². The van der Waals surface area contributed by atoms with E-state index in [4.69, 9.17) is 18.5 Å². The first kappa shape index (κ1) is 7.44. The minimum atomic E-state index is -0.536. The van der Waals surface area contributed by atoms with Crippen molar-refractivity contribution < 1.29 is 5.11 Å².